The third kappa shape index (κ3) is 3.15. The standard InChI is InChI=1S/C7H8N4O3/c8-5(12)4-14-11-7(13)6-9-2-1-3-10-6/h1-3H,4H2,(H2,8,12)(H,11,13). The van der Waals surface area contributed by atoms with Gasteiger partial charge < -0.3 is 5.73 Å². The maximum Gasteiger partial charge on any atom is 0.312 e. The Morgan fingerprint density at radius 1 is 1.43 bits per heavy atom. The third-order valence-electron chi connectivity index (χ3n) is 1.15. The average molecular weight is 196 g/mol. The van der Waals surface area contributed by atoms with Gasteiger partial charge in [0, 0.05) is 12.4 Å². The number of rotatable bonds is 4. The first-order valence-corrected chi connectivity index (χ1v) is 3.67. The predicted octanol–water partition coefficient (Wildman–Crippen LogP) is -1.38. The van der Waals surface area contributed by atoms with Crippen LogP contribution in [0.25, 0.3) is 0 Å². The molecular formula is C7H8N4O3. The zero-order chi connectivity index (χ0) is 10.4. The minimum Gasteiger partial charge on any atom is -0.368 e. The van der Waals surface area contributed by atoms with E-state index in [-0.39, 0.29) is 5.82 Å². The number of nitrogens with one attached hydrogen (secondary N) is 1. The van der Waals surface area contributed by atoms with E-state index in [0.717, 1.165) is 0 Å². The summed E-state index contributed by atoms with van der Waals surface area (Å²) in [6, 6.07) is 1.57. The van der Waals surface area contributed by atoms with Gasteiger partial charge in [-0.15, -0.1) is 0 Å². The first-order valence-electron chi connectivity index (χ1n) is 3.67. The number of primary amides is 1. The molecule has 0 radical (unpaired) electrons. The SMILES string of the molecule is NC(=O)CONC(=O)c1ncccn1. The number of amides is 2. The van der Waals surface area contributed by atoms with Gasteiger partial charge in [0.15, 0.2) is 6.61 Å². The highest BCUT2D eigenvalue weighted by atomic mass is 16.7. The van der Waals surface area contributed by atoms with Gasteiger partial charge in [-0.3, -0.25) is 14.4 Å². The molecule has 0 bridgehead atoms. The maximum absolute atomic E-state index is 11.1. The van der Waals surface area contributed by atoms with E-state index >= 15 is 0 Å². The van der Waals surface area contributed by atoms with Crippen LogP contribution in [0.2, 0.25) is 0 Å². The molecule has 0 fully saturated rings. The first kappa shape index (κ1) is 10.1. The van der Waals surface area contributed by atoms with Crippen molar-refractivity contribution in [3.8, 4) is 0 Å². The van der Waals surface area contributed by atoms with Gasteiger partial charge >= 0.3 is 5.91 Å². The van der Waals surface area contributed by atoms with Crippen molar-refractivity contribution in [2.24, 2.45) is 5.73 Å². The Morgan fingerprint density at radius 3 is 2.64 bits per heavy atom. The number of nitrogens with zero attached hydrogens (tertiary/aromatic N) is 2. The highest BCUT2D eigenvalue weighted by Crippen LogP contribution is 1.86. The molecule has 0 aliphatic rings. The summed E-state index contributed by atoms with van der Waals surface area (Å²) < 4.78 is 0. The molecule has 0 spiro atoms. The molecular weight excluding hydrogens is 188 g/mol. The Bertz CT molecular complexity index is 327. The van der Waals surface area contributed by atoms with Gasteiger partial charge in [-0.05, 0) is 6.07 Å². The quantitative estimate of drug-likeness (QED) is 0.577. The lowest BCUT2D eigenvalue weighted by Crippen LogP contribution is -2.30. The number of hydrogen-bond acceptors (Lipinski definition) is 5. The molecule has 0 aliphatic heterocycles. The largest absolute Gasteiger partial charge is 0.368 e. The highest BCUT2D eigenvalue weighted by Gasteiger charge is 2.07. The molecule has 0 aliphatic carbocycles. The topological polar surface area (TPSA) is 107 Å². The molecule has 1 aromatic heterocycles. The molecule has 1 heterocycles. The zero-order valence-corrected chi connectivity index (χ0v) is 7.14. The summed E-state index contributed by atoms with van der Waals surface area (Å²) in [5, 5.41) is 0. The van der Waals surface area contributed by atoms with Gasteiger partial charge in [0.1, 0.15) is 0 Å². The van der Waals surface area contributed by atoms with E-state index < -0.39 is 18.4 Å². The minimum absolute atomic E-state index is 0.0445. The summed E-state index contributed by atoms with van der Waals surface area (Å²) in [7, 11) is 0. The van der Waals surface area contributed by atoms with Crippen LogP contribution in [0, 0.1) is 0 Å². The van der Waals surface area contributed by atoms with Crippen molar-refractivity contribution in [3.63, 3.8) is 0 Å². The molecule has 1 rings (SSSR count). The van der Waals surface area contributed by atoms with Crippen molar-refractivity contribution in [2.45, 2.75) is 0 Å². The van der Waals surface area contributed by atoms with Crippen LogP contribution < -0.4 is 11.2 Å². The summed E-state index contributed by atoms with van der Waals surface area (Å²) in [6.07, 6.45) is 2.83. The number of carbonyl (C=O) groups is 2. The number of hydroxylamine groups is 1. The average Bonchev–Trinajstić information content (AvgIpc) is 2.18. The van der Waals surface area contributed by atoms with E-state index in [2.05, 4.69) is 14.8 Å². The molecule has 0 atom stereocenters. The molecule has 0 saturated heterocycles. The van der Waals surface area contributed by atoms with Crippen LogP contribution >= 0.6 is 0 Å². The summed E-state index contributed by atoms with van der Waals surface area (Å²) in [4.78, 5) is 33.1. The third-order valence-corrected chi connectivity index (χ3v) is 1.15. The van der Waals surface area contributed by atoms with E-state index in [9.17, 15) is 9.59 Å². The fourth-order valence-electron chi connectivity index (χ4n) is 0.635. The fourth-order valence-corrected chi connectivity index (χ4v) is 0.635. The van der Waals surface area contributed by atoms with Gasteiger partial charge in [0.25, 0.3) is 0 Å². The Kier molecular flexibility index (Phi) is 3.50. The molecule has 7 nitrogen and oxygen atoms in total. The molecule has 3 N–H and O–H groups in total. The number of nitrogens with two attached hydrogens (primary N) is 1. The smallest absolute Gasteiger partial charge is 0.312 e. The van der Waals surface area contributed by atoms with E-state index in [4.69, 9.17) is 5.73 Å². The Morgan fingerprint density at radius 2 is 2.07 bits per heavy atom. The van der Waals surface area contributed by atoms with Crippen molar-refractivity contribution in [3.05, 3.63) is 24.3 Å². The lowest BCUT2D eigenvalue weighted by Gasteiger charge is -2.01. The van der Waals surface area contributed by atoms with E-state index in [1.54, 1.807) is 6.07 Å². The maximum atomic E-state index is 11.1. The molecule has 0 saturated carbocycles. The van der Waals surface area contributed by atoms with Crippen molar-refractivity contribution >= 4 is 11.8 Å². The van der Waals surface area contributed by atoms with Crippen molar-refractivity contribution in [1.82, 2.24) is 15.4 Å². The van der Waals surface area contributed by atoms with Crippen LogP contribution in [0.1, 0.15) is 10.6 Å². The van der Waals surface area contributed by atoms with Crippen molar-refractivity contribution in [2.75, 3.05) is 6.61 Å². The second-order valence-corrected chi connectivity index (χ2v) is 2.26. The molecule has 0 aromatic carbocycles. The molecule has 0 unspecified atom stereocenters. The van der Waals surface area contributed by atoms with Crippen LogP contribution in [0.3, 0.4) is 0 Å². The highest BCUT2D eigenvalue weighted by molar-refractivity contribution is 5.89. The van der Waals surface area contributed by atoms with Crippen LogP contribution in [0.4, 0.5) is 0 Å². The second-order valence-electron chi connectivity index (χ2n) is 2.26. The van der Waals surface area contributed by atoms with Gasteiger partial charge in [-0.1, -0.05) is 0 Å². The molecule has 7 heteroatoms. The van der Waals surface area contributed by atoms with Gasteiger partial charge in [0.2, 0.25) is 11.7 Å². The zero-order valence-electron chi connectivity index (χ0n) is 7.14. The van der Waals surface area contributed by atoms with E-state index in [1.165, 1.54) is 12.4 Å². The van der Waals surface area contributed by atoms with Crippen molar-refractivity contribution < 1.29 is 14.4 Å². The molecule has 1 aromatic rings. The minimum atomic E-state index is -0.681. The Balaban J connectivity index is 2.40. The van der Waals surface area contributed by atoms with E-state index in [1.807, 2.05) is 5.48 Å². The lowest BCUT2D eigenvalue weighted by molar-refractivity contribution is -0.124. The van der Waals surface area contributed by atoms with Gasteiger partial charge in [0.05, 0.1) is 0 Å². The molecule has 74 valence electrons. The number of aromatic nitrogens is 2. The molecule has 14 heavy (non-hydrogen) atoms. The second kappa shape index (κ2) is 4.87. The summed E-state index contributed by atoms with van der Waals surface area (Å²) >= 11 is 0. The van der Waals surface area contributed by atoms with Crippen LogP contribution in [0.15, 0.2) is 18.5 Å². The number of hydrogen-bond donors (Lipinski definition) is 2. The van der Waals surface area contributed by atoms with E-state index in [0.29, 0.717) is 0 Å². The van der Waals surface area contributed by atoms with Crippen molar-refractivity contribution in [1.29, 1.82) is 0 Å². The first-order chi connectivity index (χ1) is 6.70. The molecule has 2 amide bonds. The predicted molar refractivity (Wildman–Crippen MR) is 44.6 cm³/mol. The number of carbonyl (C=O) groups excluding carboxylic acids is 2. The van der Waals surface area contributed by atoms with Crippen LogP contribution in [-0.2, 0) is 9.63 Å². The van der Waals surface area contributed by atoms with Gasteiger partial charge in [-0.2, -0.15) is 0 Å². The van der Waals surface area contributed by atoms with Crippen LogP contribution in [-0.4, -0.2) is 28.4 Å². The summed E-state index contributed by atoms with van der Waals surface area (Å²) in [6.45, 7) is -0.390. The van der Waals surface area contributed by atoms with Gasteiger partial charge in [-0.25, -0.2) is 15.4 Å². The van der Waals surface area contributed by atoms with Crippen LogP contribution in [0.5, 0.6) is 0 Å². The summed E-state index contributed by atoms with van der Waals surface area (Å²) in [5.41, 5.74) is 6.74. The fraction of sp³-hybridized carbons (Fsp3) is 0.143. The monoisotopic (exact) mass is 196 g/mol. The Labute approximate surface area is 79.2 Å². The summed E-state index contributed by atoms with van der Waals surface area (Å²) in [5.74, 6) is -1.36. The lowest BCUT2D eigenvalue weighted by atomic mass is 10.5. The Hall–Kier alpha value is -2.02. The normalized spacial score (nSPS) is 9.43.